The van der Waals surface area contributed by atoms with E-state index < -0.39 is 0 Å². The number of carbonyl (C=O) groups is 1. The minimum Gasteiger partial charge on any atom is -0.508 e. The fourth-order valence-corrected chi connectivity index (χ4v) is 2.39. The van der Waals surface area contributed by atoms with Gasteiger partial charge in [-0.2, -0.15) is 0 Å². The minimum atomic E-state index is -0.134. The molecule has 0 atom stereocenters. The average molecular weight is 311 g/mol. The van der Waals surface area contributed by atoms with Crippen molar-refractivity contribution >= 4 is 17.7 Å². The molecule has 4 heteroatoms. The second-order valence-corrected chi connectivity index (χ2v) is 5.42. The van der Waals surface area contributed by atoms with Gasteiger partial charge < -0.3 is 14.7 Å². The van der Waals surface area contributed by atoms with Gasteiger partial charge in [-0.3, -0.25) is 4.79 Å². The number of anilines is 1. The maximum Gasteiger partial charge on any atom is 0.250 e. The van der Waals surface area contributed by atoms with Crippen LogP contribution < -0.4 is 9.64 Å². The van der Waals surface area contributed by atoms with Gasteiger partial charge in [0, 0.05) is 18.8 Å². The van der Waals surface area contributed by atoms with E-state index in [9.17, 15) is 9.90 Å². The molecule has 0 bridgehead atoms. The highest BCUT2D eigenvalue weighted by atomic mass is 16.5. The summed E-state index contributed by atoms with van der Waals surface area (Å²) in [7, 11) is 3.34. The molecule has 0 heterocycles. The molecule has 0 fully saturated rings. The van der Waals surface area contributed by atoms with Gasteiger partial charge in [0.05, 0.1) is 7.11 Å². The molecule has 4 nitrogen and oxygen atoms in total. The quantitative estimate of drug-likeness (QED) is 0.876. The average Bonchev–Trinajstić information content (AvgIpc) is 2.53. The van der Waals surface area contributed by atoms with Crippen molar-refractivity contribution in [3.63, 3.8) is 0 Å². The maximum absolute atomic E-state index is 12.3. The van der Waals surface area contributed by atoms with E-state index in [-0.39, 0.29) is 11.7 Å². The Morgan fingerprint density at radius 1 is 1.13 bits per heavy atom. The van der Waals surface area contributed by atoms with E-state index in [1.54, 1.807) is 44.5 Å². The van der Waals surface area contributed by atoms with Gasteiger partial charge in [0.15, 0.2) is 0 Å². The number of hydrogen-bond acceptors (Lipinski definition) is 3. The van der Waals surface area contributed by atoms with E-state index >= 15 is 0 Å². The highest BCUT2D eigenvalue weighted by molar-refractivity contribution is 6.03. The number of phenols is 1. The number of benzene rings is 2. The molecule has 0 unspecified atom stereocenters. The van der Waals surface area contributed by atoms with Crippen LogP contribution in [0.25, 0.3) is 6.08 Å². The fraction of sp³-hybridized carbons (Fsp3) is 0.211. The molecule has 1 N–H and O–H groups in total. The molecule has 0 spiro atoms. The first-order valence-electron chi connectivity index (χ1n) is 7.32. The van der Waals surface area contributed by atoms with E-state index in [0.29, 0.717) is 0 Å². The number of aromatic hydroxyl groups is 1. The molecule has 0 aliphatic rings. The normalized spacial score (nSPS) is 10.8. The third-order valence-electron chi connectivity index (χ3n) is 3.76. The van der Waals surface area contributed by atoms with Crippen LogP contribution in [-0.2, 0) is 4.79 Å². The van der Waals surface area contributed by atoms with Gasteiger partial charge in [-0.05, 0) is 73.0 Å². The topological polar surface area (TPSA) is 49.8 Å². The van der Waals surface area contributed by atoms with Gasteiger partial charge >= 0.3 is 0 Å². The zero-order valence-electron chi connectivity index (χ0n) is 13.8. The fourth-order valence-electron chi connectivity index (χ4n) is 2.39. The Balaban J connectivity index is 2.19. The lowest BCUT2D eigenvalue weighted by molar-refractivity contribution is -0.113. The molecule has 2 rings (SSSR count). The number of likely N-dealkylation sites (N-methyl/N-ethyl adjacent to an activating group) is 1. The molecule has 0 saturated carbocycles. The predicted molar refractivity (Wildman–Crippen MR) is 93.0 cm³/mol. The number of hydrogen-bond donors (Lipinski definition) is 1. The number of carbonyl (C=O) groups excluding carboxylic acids is 1. The third kappa shape index (κ3) is 3.92. The van der Waals surface area contributed by atoms with Crippen molar-refractivity contribution in [1.82, 2.24) is 0 Å². The van der Waals surface area contributed by atoms with E-state index in [1.807, 2.05) is 32.1 Å². The Kier molecular flexibility index (Phi) is 5.06. The summed E-state index contributed by atoms with van der Waals surface area (Å²) in [6.07, 6.45) is 3.37. The van der Waals surface area contributed by atoms with Crippen LogP contribution in [0.2, 0.25) is 0 Å². The van der Waals surface area contributed by atoms with Gasteiger partial charge in [0.25, 0.3) is 5.91 Å². The lowest BCUT2D eigenvalue weighted by Gasteiger charge is -2.15. The SMILES string of the molecule is COc1cc(C)c(/C=C/C(=O)N(C)c2ccc(O)cc2)c(C)c1. The minimum absolute atomic E-state index is 0.134. The Morgan fingerprint density at radius 2 is 1.70 bits per heavy atom. The molecular formula is C19H21NO3. The predicted octanol–water partition coefficient (Wildman–Crippen LogP) is 3.69. The molecule has 0 aromatic heterocycles. The van der Waals surface area contributed by atoms with Crippen LogP contribution in [0.1, 0.15) is 16.7 Å². The third-order valence-corrected chi connectivity index (χ3v) is 3.76. The monoisotopic (exact) mass is 311 g/mol. The zero-order valence-corrected chi connectivity index (χ0v) is 13.8. The van der Waals surface area contributed by atoms with E-state index in [4.69, 9.17) is 4.74 Å². The summed E-state index contributed by atoms with van der Waals surface area (Å²) < 4.78 is 5.24. The van der Waals surface area contributed by atoms with Crippen LogP contribution in [0.3, 0.4) is 0 Å². The Hall–Kier alpha value is -2.75. The van der Waals surface area contributed by atoms with Crippen LogP contribution in [0.15, 0.2) is 42.5 Å². The number of phenolic OH excluding ortho intramolecular Hbond substituents is 1. The highest BCUT2D eigenvalue weighted by Crippen LogP contribution is 2.23. The van der Waals surface area contributed by atoms with Crippen LogP contribution in [0.5, 0.6) is 11.5 Å². The largest absolute Gasteiger partial charge is 0.508 e. The summed E-state index contributed by atoms with van der Waals surface area (Å²) in [6.45, 7) is 3.98. The smallest absolute Gasteiger partial charge is 0.250 e. The van der Waals surface area contributed by atoms with Crippen molar-refractivity contribution in [3.8, 4) is 11.5 Å². The van der Waals surface area contributed by atoms with Gasteiger partial charge in [-0.1, -0.05) is 0 Å². The van der Waals surface area contributed by atoms with Crippen molar-refractivity contribution in [2.24, 2.45) is 0 Å². The second-order valence-electron chi connectivity index (χ2n) is 5.42. The molecule has 0 aliphatic carbocycles. The van der Waals surface area contributed by atoms with Gasteiger partial charge in [0.1, 0.15) is 11.5 Å². The van der Waals surface area contributed by atoms with E-state index in [0.717, 1.165) is 28.1 Å². The molecule has 2 aromatic carbocycles. The molecule has 1 amide bonds. The molecule has 23 heavy (non-hydrogen) atoms. The Bertz CT molecular complexity index is 710. The number of rotatable bonds is 4. The molecule has 0 radical (unpaired) electrons. The summed E-state index contributed by atoms with van der Waals surface area (Å²) in [6, 6.07) is 10.4. The first-order valence-corrected chi connectivity index (χ1v) is 7.32. The van der Waals surface area contributed by atoms with Crippen LogP contribution in [0.4, 0.5) is 5.69 Å². The number of ether oxygens (including phenoxy) is 1. The van der Waals surface area contributed by atoms with Gasteiger partial charge in [-0.25, -0.2) is 0 Å². The van der Waals surface area contributed by atoms with Crippen molar-refractivity contribution in [3.05, 3.63) is 59.2 Å². The van der Waals surface area contributed by atoms with Crippen LogP contribution >= 0.6 is 0 Å². The Labute approximate surface area is 136 Å². The maximum atomic E-state index is 12.3. The number of methoxy groups -OCH3 is 1. The number of aryl methyl sites for hydroxylation is 2. The van der Waals surface area contributed by atoms with Gasteiger partial charge in [-0.15, -0.1) is 0 Å². The summed E-state index contributed by atoms with van der Waals surface area (Å²) in [5.41, 5.74) is 3.84. The number of nitrogens with zero attached hydrogens (tertiary/aromatic N) is 1. The summed E-state index contributed by atoms with van der Waals surface area (Å²) in [5, 5.41) is 9.31. The van der Waals surface area contributed by atoms with Crippen molar-refractivity contribution in [1.29, 1.82) is 0 Å². The lowest BCUT2D eigenvalue weighted by Crippen LogP contribution is -2.23. The summed E-state index contributed by atoms with van der Waals surface area (Å²) in [5.74, 6) is 0.851. The first-order chi connectivity index (χ1) is 10.9. The van der Waals surface area contributed by atoms with Crippen molar-refractivity contribution in [2.45, 2.75) is 13.8 Å². The molecule has 2 aromatic rings. The summed E-state index contributed by atoms with van der Waals surface area (Å²) >= 11 is 0. The van der Waals surface area contributed by atoms with Crippen molar-refractivity contribution < 1.29 is 14.6 Å². The molecule has 0 saturated heterocycles. The summed E-state index contributed by atoms with van der Waals surface area (Å²) in [4.78, 5) is 13.8. The first kappa shape index (κ1) is 16.6. The van der Waals surface area contributed by atoms with E-state index in [1.165, 1.54) is 4.90 Å². The highest BCUT2D eigenvalue weighted by Gasteiger charge is 2.09. The molecule has 0 aliphatic heterocycles. The second kappa shape index (κ2) is 7.01. The van der Waals surface area contributed by atoms with Crippen LogP contribution in [0, 0.1) is 13.8 Å². The van der Waals surface area contributed by atoms with Crippen LogP contribution in [-0.4, -0.2) is 25.2 Å². The lowest BCUT2D eigenvalue weighted by atomic mass is 10.0. The standard InChI is InChI=1S/C19H21NO3/c1-13-11-17(23-4)12-14(2)18(13)9-10-19(22)20(3)15-5-7-16(21)8-6-15/h5-12,21H,1-4H3/b10-9+. The molecular weight excluding hydrogens is 290 g/mol. The number of amides is 1. The van der Waals surface area contributed by atoms with Crippen molar-refractivity contribution in [2.75, 3.05) is 19.1 Å². The molecule has 120 valence electrons. The van der Waals surface area contributed by atoms with Gasteiger partial charge in [0.2, 0.25) is 0 Å². The Morgan fingerprint density at radius 3 is 2.22 bits per heavy atom. The van der Waals surface area contributed by atoms with E-state index in [2.05, 4.69) is 0 Å². The zero-order chi connectivity index (χ0) is 17.0.